The lowest BCUT2D eigenvalue weighted by Gasteiger charge is -2.19. The van der Waals surface area contributed by atoms with Gasteiger partial charge in [0.25, 0.3) is 5.91 Å². The highest BCUT2D eigenvalue weighted by molar-refractivity contribution is 7.22. The Balaban J connectivity index is 1.60. The molecule has 148 valence electrons. The average Bonchev–Trinajstić information content (AvgIpc) is 3.38. The summed E-state index contributed by atoms with van der Waals surface area (Å²) in [6, 6.07) is 15.6. The molecule has 3 heterocycles. The Kier molecular flexibility index (Phi) is 4.77. The molecule has 0 aliphatic heterocycles. The largest absolute Gasteiger partial charge is 0.278 e. The Morgan fingerprint density at radius 2 is 1.83 bits per heavy atom. The summed E-state index contributed by atoms with van der Waals surface area (Å²) < 4.78 is 2.07. The Labute approximate surface area is 181 Å². The molecule has 30 heavy (non-hydrogen) atoms. The third kappa shape index (κ3) is 3.46. The van der Waals surface area contributed by atoms with Crippen molar-refractivity contribution in [1.29, 1.82) is 0 Å². The molecular weight excluding hydrogens is 412 g/mol. The summed E-state index contributed by atoms with van der Waals surface area (Å²) in [4.78, 5) is 28.8. The number of anilines is 1. The second kappa shape index (κ2) is 7.59. The maximum Gasteiger partial charge on any atom is 0.260 e. The van der Waals surface area contributed by atoms with E-state index in [1.807, 2.05) is 36.4 Å². The number of carbonyl (C=O) groups is 1. The molecule has 1 amide bonds. The Morgan fingerprint density at radius 1 is 0.967 bits per heavy atom. The summed E-state index contributed by atoms with van der Waals surface area (Å²) in [7, 11) is 0. The van der Waals surface area contributed by atoms with Gasteiger partial charge in [0.2, 0.25) is 0 Å². The van der Waals surface area contributed by atoms with E-state index in [0.29, 0.717) is 17.2 Å². The SMILES string of the molecule is Cc1cc2nc(N(Cc3ccccn3)C(=O)c3ccc4ncsc4c3)sc2cc1C. The topological polar surface area (TPSA) is 59.0 Å². The predicted molar refractivity (Wildman–Crippen MR) is 123 cm³/mol. The van der Waals surface area contributed by atoms with Crippen LogP contribution >= 0.6 is 22.7 Å². The highest BCUT2D eigenvalue weighted by Crippen LogP contribution is 2.32. The first-order valence-corrected chi connectivity index (χ1v) is 11.2. The summed E-state index contributed by atoms with van der Waals surface area (Å²) >= 11 is 3.06. The number of nitrogens with zero attached hydrogens (tertiary/aromatic N) is 4. The molecular formula is C23H18N4OS2. The molecule has 0 saturated carbocycles. The van der Waals surface area contributed by atoms with Crippen LogP contribution in [0.1, 0.15) is 27.2 Å². The van der Waals surface area contributed by atoms with Crippen molar-refractivity contribution < 1.29 is 4.79 Å². The third-order valence-corrected chi connectivity index (χ3v) is 6.93. The second-order valence-electron chi connectivity index (χ2n) is 7.15. The molecule has 5 rings (SSSR count). The van der Waals surface area contributed by atoms with E-state index < -0.39 is 0 Å². The van der Waals surface area contributed by atoms with Gasteiger partial charge >= 0.3 is 0 Å². The molecule has 0 unspecified atom stereocenters. The smallest absolute Gasteiger partial charge is 0.260 e. The fraction of sp³-hybridized carbons (Fsp3) is 0.130. The van der Waals surface area contributed by atoms with Gasteiger partial charge in [0.15, 0.2) is 5.13 Å². The van der Waals surface area contributed by atoms with Crippen molar-refractivity contribution in [1.82, 2.24) is 15.0 Å². The lowest BCUT2D eigenvalue weighted by molar-refractivity contribution is 0.0985. The first-order valence-electron chi connectivity index (χ1n) is 9.51. The fourth-order valence-corrected chi connectivity index (χ4v) is 5.07. The number of rotatable bonds is 4. The van der Waals surface area contributed by atoms with Crippen molar-refractivity contribution in [3.05, 3.63) is 82.6 Å². The lowest BCUT2D eigenvalue weighted by Crippen LogP contribution is -2.30. The molecule has 2 aromatic carbocycles. The maximum atomic E-state index is 13.6. The van der Waals surface area contributed by atoms with Gasteiger partial charge in [0, 0.05) is 11.8 Å². The van der Waals surface area contributed by atoms with Gasteiger partial charge in [0.1, 0.15) is 0 Å². The molecule has 0 saturated heterocycles. The van der Waals surface area contributed by atoms with Crippen molar-refractivity contribution >= 4 is 54.1 Å². The van der Waals surface area contributed by atoms with Gasteiger partial charge in [0.05, 0.1) is 38.2 Å². The van der Waals surface area contributed by atoms with Crippen LogP contribution in [0.3, 0.4) is 0 Å². The monoisotopic (exact) mass is 430 g/mol. The van der Waals surface area contributed by atoms with E-state index in [1.165, 1.54) is 33.8 Å². The van der Waals surface area contributed by atoms with Crippen LogP contribution in [0.2, 0.25) is 0 Å². The highest BCUT2D eigenvalue weighted by atomic mass is 32.1. The Hall–Kier alpha value is -3.16. The standard InChI is InChI=1S/C23H18N4OS2/c1-14-9-19-21(10-15(14)2)30-23(26-19)27(12-17-5-3-4-8-24-17)22(28)16-6-7-18-20(11-16)29-13-25-18/h3-11,13H,12H2,1-2H3. The van der Waals surface area contributed by atoms with Gasteiger partial charge in [-0.25, -0.2) is 9.97 Å². The molecule has 0 atom stereocenters. The molecule has 0 radical (unpaired) electrons. The number of aromatic nitrogens is 3. The minimum atomic E-state index is -0.0940. The lowest BCUT2D eigenvalue weighted by atomic mass is 10.1. The summed E-state index contributed by atoms with van der Waals surface area (Å²) in [6.07, 6.45) is 1.74. The summed E-state index contributed by atoms with van der Waals surface area (Å²) in [5.41, 5.74) is 7.45. The molecule has 7 heteroatoms. The van der Waals surface area contributed by atoms with Gasteiger partial charge in [-0.15, -0.1) is 11.3 Å². The normalized spacial score (nSPS) is 11.3. The van der Waals surface area contributed by atoms with Crippen LogP contribution in [-0.2, 0) is 6.54 Å². The van der Waals surface area contributed by atoms with Crippen LogP contribution in [0.15, 0.2) is 60.2 Å². The molecule has 5 aromatic rings. The quantitative estimate of drug-likeness (QED) is 0.363. The minimum absolute atomic E-state index is 0.0940. The molecule has 0 spiro atoms. The number of aryl methyl sites for hydroxylation is 2. The fourth-order valence-electron chi connectivity index (χ4n) is 3.31. The van der Waals surface area contributed by atoms with E-state index in [2.05, 4.69) is 35.9 Å². The van der Waals surface area contributed by atoms with Crippen LogP contribution in [0.5, 0.6) is 0 Å². The van der Waals surface area contributed by atoms with Gasteiger partial charge in [-0.05, 0) is 67.4 Å². The van der Waals surface area contributed by atoms with Crippen LogP contribution in [-0.4, -0.2) is 20.9 Å². The van der Waals surface area contributed by atoms with E-state index >= 15 is 0 Å². The molecule has 0 aliphatic carbocycles. The Bertz CT molecular complexity index is 1340. The zero-order valence-electron chi connectivity index (χ0n) is 16.5. The van der Waals surface area contributed by atoms with E-state index in [1.54, 1.807) is 16.6 Å². The van der Waals surface area contributed by atoms with Crippen molar-refractivity contribution in [3.8, 4) is 0 Å². The van der Waals surface area contributed by atoms with Crippen molar-refractivity contribution in [2.24, 2.45) is 0 Å². The number of benzene rings is 2. The number of carbonyl (C=O) groups excluding carboxylic acids is 1. The second-order valence-corrected chi connectivity index (χ2v) is 9.04. The Morgan fingerprint density at radius 3 is 2.67 bits per heavy atom. The van der Waals surface area contributed by atoms with E-state index in [9.17, 15) is 4.79 Å². The molecule has 0 aliphatic rings. The van der Waals surface area contributed by atoms with Gasteiger partial charge < -0.3 is 0 Å². The van der Waals surface area contributed by atoms with Crippen molar-refractivity contribution in [3.63, 3.8) is 0 Å². The van der Waals surface area contributed by atoms with E-state index in [-0.39, 0.29) is 5.91 Å². The van der Waals surface area contributed by atoms with Gasteiger partial charge in [-0.3, -0.25) is 14.7 Å². The first-order chi connectivity index (χ1) is 14.6. The number of pyridine rings is 1. The summed E-state index contributed by atoms with van der Waals surface area (Å²) in [6.45, 7) is 4.53. The number of fused-ring (bicyclic) bond motifs is 2. The third-order valence-electron chi connectivity index (χ3n) is 5.09. The molecule has 0 N–H and O–H groups in total. The van der Waals surface area contributed by atoms with Gasteiger partial charge in [-0.1, -0.05) is 17.4 Å². The van der Waals surface area contributed by atoms with Crippen molar-refractivity contribution in [2.45, 2.75) is 20.4 Å². The zero-order chi connectivity index (χ0) is 20.7. The van der Waals surface area contributed by atoms with E-state index in [4.69, 9.17) is 4.98 Å². The highest BCUT2D eigenvalue weighted by Gasteiger charge is 2.23. The van der Waals surface area contributed by atoms with Crippen molar-refractivity contribution in [2.75, 3.05) is 4.90 Å². The molecule has 5 nitrogen and oxygen atoms in total. The summed E-state index contributed by atoms with van der Waals surface area (Å²) in [5, 5.41) is 0.676. The van der Waals surface area contributed by atoms with Gasteiger partial charge in [-0.2, -0.15) is 0 Å². The predicted octanol–water partition coefficient (Wildman–Crippen LogP) is 5.76. The van der Waals surface area contributed by atoms with E-state index in [0.717, 1.165) is 26.1 Å². The maximum absolute atomic E-state index is 13.6. The van der Waals surface area contributed by atoms with Crippen LogP contribution < -0.4 is 4.90 Å². The van der Waals surface area contributed by atoms with Crippen LogP contribution in [0, 0.1) is 13.8 Å². The molecule has 3 aromatic heterocycles. The molecule has 0 bridgehead atoms. The number of amides is 1. The summed E-state index contributed by atoms with van der Waals surface area (Å²) in [5.74, 6) is -0.0940. The number of hydrogen-bond acceptors (Lipinski definition) is 6. The minimum Gasteiger partial charge on any atom is -0.278 e. The first kappa shape index (κ1) is 18.8. The van der Waals surface area contributed by atoms with Crippen LogP contribution in [0.25, 0.3) is 20.4 Å². The zero-order valence-corrected chi connectivity index (χ0v) is 18.1. The molecule has 0 fully saturated rings. The average molecular weight is 431 g/mol. The number of hydrogen-bond donors (Lipinski definition) is 0. The van der Waals surface area contributed by atoms with Crippen LogP contribution in [0.4, 0.5) is 5.13 Å². The number of thiazole rings is 2.